The molecule has 0 aliphatic rings. The van der Waals surface area contributed by atoms with Crippen LogP contribution in [0.1, 0.15) is 226 Å². The fourth-order valence-corrected chi connectivity index (χ4v) is 6.92. The molecule has 63 heavy (non-hydrogen) atoms. The van der Waals surface area contributed by atoms with E-state index in [0.29, 0.717) is 12.8 Å². The number of unbranched alkanes of at least 4 members (excludes halogenated alkanes) is 20. The van der Waals surface area contributed by atoms with Crippen LogP contribution < -0.4 is 0 Å². The first-order valence-electron chi connectivity index (χ1n) is 25.9. The lowest BCUT2D eigenvalue weighted by Crippen LogP contribution is -2.28. The number of carbonyl (C=O) groups excluding carboxylic acids is 2. The summed E-state index contributed by atoms with van der Waals surface area (Å²) >= 11 is 0. The second-order valence-electron chi connectivity index (χ2n) is 16.9. The molecule has 1 atom stereocenters. The summed E-state index contributed by atoms with van der Waals surface area (Å²) < 4.78 is 10.7. The average molecular weight is 873 g/mol. The fraction of sp³-hybridized carbons (Fsp3) is 0.655. The minimum atomic E-state index is -0.786. The number of allylic oxidation sites excluding steroid dienone is 18. The van der Waals surface area contributed by atoms with E-state index in [1.165, 1.54) is 96.3 Å². The molecule has 0 spiro atoms. The van der Waals surface area contributed by atoms with Crippen molar-refractivity contribution in [1.82, 2.24) is 0 Å². The minimum absolute atomic E-state index is 0.0779. The van der Waals surface area contributed by atoms with E-state index in [1.807, 2.05) is 0 Å². The largest absolute Gasteiger partial charge is 0.462 e. The molecule has 0 heterocycles. The zero-order chi connectivity index (χ0) is 45.6. The first-order chi connectivity index (χ1) is 31.1. The van der Waals surface area contributed by atoms with Crippen LogP contribution in [0, 0.1) is 0 Å². The molecule has 1 N–H and O–H groups in total. The van der Waals surface area contributed by atoms with Crippen LogP contribution in [0.25, 0.3) is 0 Å². The van der Waals surface area contributed by atoms with Gasteiger partial charge in [-0.2, -0.15) is 0 Å². The Bertz CT molecular complexity index is 1260. The predicted molar refractivity (Wildman–Crippen MR) is 274 cm³/mol. The molecule has 0 saturated heterocycles. The van der Waals surface area contributed by atoms with Crippen LogP contribution in [0.5, 0.6) is 0 Å². The van der Waals surface area contributed by atoms with E-state index >= 15 is 0 Å². The Morgan fingerprint density at radius 1 is 0.381 bits per heavy atom. The van der Waals surface area contributed by atoms with E-state index in [0.717, 1.165) is 103 Å². The third kappa shape index (κ3) is 51.1. The molecule has 0 radical (unpaired) electrons. The Morgan fingerprint density at radius 2 is 0.683 bits per heavy atom. The molecule has 0 aromatic heterocycles. The molecule has 0 aliphatic heterocycles. The van der Waals surface area contributed by atoms with E-state index in [2.05, 4.69) is 123 Å². The van der Waals surface area contributed by atoms with E-state index in [1.54, 1.807) is 0 Å². The van der Waals surface area contributed by atoms with Crippen LogP contribution >= 0.6 is 0 Å². The first-order valence-corrected chi connectivity index (χ1v) is 25.9. The third-order valence-corrected chi connectivity index (χ3v) is 10.8. The zero-order valence-corrected chi connectivity index (χ0v) is 40.8. The molecular weight excluding hydrogens is 777 g/mol. The van der Waals surface area contributed by atoms with Crippen molar-refractivity contribution in [1.29, 1.82) is 0 Å². The molecule has 358 valence electrons. The Balaban J connectivity index is 3.58. The molecule has 0 saturated carbocycles. The summed E-state index contributed by atoms with van der Waals surface area (Å²) in [6, 6.07) is 0. The molecular formula is C58H96O5. The van der Waals surface area contributed by atoms with Gasteiger partial charge in [0.1, 0.15) is 6.61 Å². The van der Waals surface area contributed by atoms with Crippen LogP contribution in [0.15, 0.2) is 109 Å². The van der Waals surface area contributed by atoms with Gasteiger partial charge in [-0.1, -0.05) is 220 Å². The highest BCUT2D eigenvalue weighted by Crippen LogP contribution is 2.14. The fourth-order valence-electron chi connectivity index (χ4n) is 6.92. The molecule has 0 aromatic rings. The van der Waals surface area contributed by atoms with E-state index in [4.69, 9.17) is 9.47 Å². The Morgan fingerprint density at radius 3 is 1.03 bits per heavy atom. The number of rotatable bonds is 46. The van der Waals surface area contributed by atoms with E-state index in [9.17, 15) is 14.7 Å². The van der Waals surface area contributed by atoms with Gasteiger partial charge in [0.25, 0.3) is 0 Å². The molecule has 0 amide bonds. The van der Waals surface area contributed by atoms with Gasteiger partial charge >= 0.3 is 11.9 Å². The van der Waals surface area contributed by atoms with Crippen molar-refractivity contribution < 1.29 is 24.2 Å². The molecule has 1 unspecified atom stereocenters. The van der Waals surface area contributed by atoms with Gasteiger partial charge in [-0.05, 0) is 103 Å². The van der Waals surface area contributed by atoms with Gasteiger partial charge in [0, 0.05) is 12.8 Å². The molecule has 0 fully saturated rings. The highest BCUT2D eigenvalue weighted by Gasteiger charge is 2.16. The summed E-state index contributed by atoms with van der Waals surface area (Å²) in [6.45, 7) is 4.00. The summed E-state index contributed by atoms with van der Waals surface area (Å²) in [5, 5.41) is 9.63. The quantitative estimate of drug-likeness (QED) is 0.0375. The lowest BCUT2D eigenvalue weighted by molar-refractivity contribution is -0.161. The maximum Gasteiger partial charge on any atom is 0.306 e. The van der Waals surface area contributed by atoms with Crippen molar-refractivity contribution in [3.05, 3.63) is 109 Å². The van der Waals surface area contributed by atoms with Gasteiger partial charge in [-0.15, -0.1) is 0 Å². The Hall–Kier alpha value is -3.44. The maximum atomic E-state index is 12.3. The molecule has 5 nitrogen and oxygen atoms in total. The van der Waals surface area contributed by atoms with E-state index in [-0.39, 0.29) is 25.2 Å². The Kier molecular flexibility index (Phi) is 50.0. The summed E-state index contributed by atoms with van der Waals surface area (Å²) in [4.78, 5) is 24.5. The molecule has 0 aliphatic carbocycles. The van der Waals surface area contributed by atoms with Gasteiger partial charge in [0.15, 0.2) is 6.10 Å². The highest BCUT2D eigenvalue weighted by atomic mass is 16.6. The molecule has 0 rings (SSSR count). The molecule has 5 heteroatoms. The van der Waals surface area contributed by atoms with Crippen LogP contribution in [0.3, 0.4) is 0 Å². The first kappa shape index (κ1) is 59.6. The number of aliphatic hydroxyl groups is 1. The number of hydrogen-bond donors (Lipinski definition) is 1. The number of carbonyl (C=O) groups is 2. The summed E-state index contributed by atoms with van der Waals surface area (Å²) in [5.41, 5.74) is 0. The standard InChI is InChI=1S/C58H96O5/c1-3-5-7-9-11-13-15-17-19-21-23-24-25-26-27-28-29-30-31-32-33-34-35-37-39-41-43-45-47-49-51-53-58(61)63-56(54-59)55-62-57(60)52-50-48-46-44-42-40-38-36-22-20-18-16-14-12-10-8-6-4-2/h5,7,11,13-14,16-17,19-20,22-24,26-27,29-30,32-33,56,59H,3-4,6,8-10,12,15,18,21,25,28,31,34-55H2,1-2H3/b7-5-,13-11-,16-14-,19-17-,22-20-,24-23-,27-26-,30-29-,33-32-. The van der Waals surface area contributed by atoms with Gasteiger partial charge in [0.2, 0.25) is 0 Å². The number of ether oxygens (including phenoxy) is 2. The van der Waals surface area contributed by atoms with Crippen LogP contribution in [0.4, 0.5) is 0 Å². The monoisotopic (exact) mass is 873 g/mol. The Labute approximate surface area is 389 Å². The smallest absolute Gasteiger partial charge is 0.306 e. The summed E-state index contributed by atoms with van der Waals surface area (Å²) in [7, 11) is 0. The van der Waals surface area contributed by atoms with Gasteiger partial charge in [-0.3, -0.25) is 9.59 Å². The van der Waals surface area contributed by atoms with Crippen molar-refractivity contribution in [2.24, 2.45) is 0 Å². The topological polar surface area (TPSA) is 72.8 Å². The van der Waals surface area contributed by atoms with Gasteiger partial charge in [0.05, 0.1) is 6.61 Å². The minimum Gasteiger partial charge on any atom is -0.462 e. The number of hydrogen-bond acceptors (Lipinski definition) is 5. The lowest BCUT2D eigenvalue weighted by atomic mass is 10.1. The number of esters is 2. The highest BCUT2D eigenvalue weighted by molar-refractivity contribution is 5.70. The van der Waals surface area contributed by atoms with Gasteiger partial charge in [-0.25, -0.2) is 0 Å². The number of aliphatic hydroxyl groups excluding tert-OH is 1. The SMILES string of the molecule is CC/C=C\C/C=C\C/C=C\C/C=C\C/C=C\C/C=C\C/C=C\CCCCCCCCCCCC(=O)OC(CO)COC(=O)CCCCCCCCC/C=C\C/C=C\CCCCCC. The lowest BCUT2D eigenvalue weighted by Gasteiger charge is -2.15. The van der Waals surface area contributed by atoms with Crippen LogP contribution in [-0.4, -0.2) is 36.4 Å². The predicted octanol–water partition coefficient (Wildman–Crippen LogP) is 17.4. The summed E-state index contributed by atoms with van der Waals surface area (Å²) in [5.74, 6) is -0.611. The van der Waals surface area contributed by atoms with Crippen molar-refractivity contribution >= 4 is 11.9 Å². The third-order valence-electron chi connectivity index (χ3n) is 10.8. The summed E-state index contributed by atoms with van der Waals surface area (Å²) in [6.07, 6.45) is 76.0. The van der Waals surface area contributed by atoms with E-state index < -0.39 is 6.10 Å². The zero-order valence-electron chi connectivity index (χ0n) is 40.8. The molecule has 0 aromatic carbocycles. The maximum absolute atomic E-state index is 12.3. The van der Waals surface area contributed by atoms with Gasteiger partial charge < -0.3 is 14.6 Å². The second-order valence-corrected chi connectivity index (χ2v) is 16.9. The van der Waals surface area contributed by atoms with Crippen molar-refractivity contribution in [2.45, 2.75) is 232 Å². The normalized spacial score (nSPS) is 13.1. The van der Waals surface area contributed by atoms with Crippen LogP contribution in [-0.2, 0) is 19.1 Å². The second kappa shape index (κ2) is 52.9. The van der Waals surface area contributed by atoms with Crippen molar-refractivity contribution in [3.63, 3.8) is 0 Å². The molecule has 0 bridgehead atoms. The average Bonchev–Trinajstić information content (AvgIpc) is 3.29. The van der Waals surface area contributed by atoms with Crippen molar-refractivity contribution in [2.75, 3.05) is 13.2 Å². The van der Waals surface area contributed by atoms with Crippen molar-refractivity contribution in [3.8, 4) is 0 Å². The van der Waals surface area contributed by atoms with Crippen LogP contribution in [0.2, 0.25) is 0 Å².